The molecule has 0 aliphatic rings. The average Bonchev–Trinajstić information content (AvgIpc) is 2.26. The summed E-state index contributed by atoms with van der Waals surface area (Å²) in [6.07, 6.45) is 1.60. The van der Waals surface area contributed by atoms with Crippen LogP contribution in [0.1, 0.15) is 20.7 Å². The van der Waals surface area contributed by atoms with Crippen LogP contribution >= 0.6 is 0 Å². The number of benzene rings is 1. The molecule has 0 amide bonds. The fraction of sp³-hybridized carbons (Fsp3) is 0.333. The lowest BCUT2D eigenvalue weighted by molar-refractivity contribution is 0.111. The SMILES string of the molecule is CN(C)c1cc(C=O)c(N(C)C)cc1C=O. The molecule has 0 aromatic heterocycles. The van der Waals surface area contributed by atoms with Gasteiger partial charge in [-0.3, -0.25) is 9.59 Å². The minimum Gasteiger partial charge on any atom is -0.377 e. The lowest BCUT2D eigenvalue weighted by Crippen LogP contribution is -2.15. The molecule has 0 saturated carbocycles. The van der Waals surface area contributed by atoms with E-state index in [4.69, 9.17) is 0 Å². The van der Waals surface area contributed by atoms with Gasteiger partial charge in [0.05, 0.1) is 0 Å². The molecular formula is C12H16N2O2. The van der Waals surface area contributed by atoms with Crippen molar-refractivity contribution in [1.29, 1.82) is 0 Å². The van der Waals surface area contributed by atoms with E-state index in [0.717, 1.165) is 23.9 Å². The van der Waals surface area contributed by atoms with E-state index >= 15 is 0 Å². The van der Waals surface area contributed by atoms with E-state index < -0.39 is 0 Å². The van der Waals surface area contributed by atoms with Crippen LogP contribution in [0.2, 0.25) is 0 Å². The van der Waals surface area contributed by atoms with E-state index in [1.165, 1.54) is 0 Å². The van der Waals surface area contributed by atoms with E-state index in [1.807, 2.05) is 38.0 Å². The lowest BCUT2D eigenvalue weighted by Gasteiger charge is -2.20. The molecule has 0 fully saturated rings. The Morgan fingerprint density at radius 1 is 0.812 bits per heavy atom. The van der Waals surface area contributed by atoms with Crippen molar-refractivity contribution in [2.45, 2.75) is 0 Å². The van der Waals surface area contributed by atoms with Gasteiger partial charge in [0.2, 0.25) is 0 Å². The predicted octanol–water partition coefficient (Wildman–Crippen LogP) is 1.44. The van der Waals surface area contributed by atoms with Crippen LogP contribution in [0.5, 0.6) is 0 Å². The molecule has 0 bridgehead atoms. The molecular weight excluding hydrogens is 204 g/mol. The highest BCUT2D eigenvalue weighted by molar-refractivity contribution is 5.94. The topological polar surface area (TPSA) is 40.6 Å². The van der Waals surface area contributed by atoms with E-state index in [-0.39, 0.29) is 0 Å². The second-order valence-corrected chi connectivity index (χ2v) is 3.99. The highest BCUT2D eigenvalue weighted by Gasteiger charge is 2.11. The molecule has 0 atom stereocenters. The predicted molar refractivity (Wildman–Crippen MR) is 65.9 cm³/mol. The van der Waals surface area contributed by atoms with Crippen LogP contribution in [0.15, 0.2) is 12.1 Å². The molecule has 0 saturated heterocycles. The fourth-order valence-electron chi connectivity index (χ4n) is 1.57. The van der Waals surface area contributed by atoms with Gasteiger partial charge in [-0.1, -0.05) is 0 Å². The van der Waals surface area contributed by atoms with E-state index in [2.05, 4.69) is 0 Å². The first-order valence-electron chi connectivity index (χ1n) is 4.94. The normalized spacial score (nSPS) is 9.75. The van der Waals surface area contributed by atoms with Crippen molar-refractivity contribution in [2.75, 3.05) is 38.0 Å². The van der Waals surface area contributed by atoms with Gasteiger partial charge in [0.25, 0.3) is 0 Å². The first kappa shape index (κ1) is 12.2. The molecule has 0 radical (unpaired) electrons. The molecule has 1 aromatic rings. The van der Waals surface area contributed by atoms with Crippen molar-refractivity contribution >= 4 is 23.9 Å². The van der Waals surface area contributed by atoms with Gasteiger partial charge >= 0.3 is 0 Å². The van der Waals surface area contributed by atoms with Gasteiger partial charge in [0.15, 0.2) is 12.6 Å². The summed E-state index contributed by atoms with van der Waals surface area (Å²) >= 11 is 0. The Morgan fingerprint density at radius 2 is 1.12 bits per heavy atom. The Morgan fingerprint density at radius 3 is 1.31 bits per heavy atom. The van der Waals surface area contributed by atoms with Crippen LogP contribution in [0, 0.1) is 0 Å². The van der Waals surface area contributed by atoms with Crippen LogP contribution in [0.4, 0.5) is 11.4 Å². The summed E-state index contributed by atoms with van der Waals surface area (Å²) in [6.45, 7) is 0. The molecule has 0 spiro atoms. The van der Waals surface area contributed by atoms with Crippen molar-refractivity contribution in [3.05, 3.63) is 23.3 Å². The smallest absolute Gasteiger partial charge is 0.152 e. The number of hydrogen-bond acceptors (Lipinski definition) is 4. The molecule has 4 heteroatoms. The summed E-state index contributed by atoms with van der Waals surface area (Å²) in [5.41, 5.74) is 2.67. The largest absolute Gasteiger partial charge is 0.377 e. The van der Waals surface area contributed by atoms with Crippen molar-refractivity contribution in [1.82, 2.24) is 0 Å². The Hall–Kier alpha value is -1.84. The highest BCUT2D eigenvalue weighted by atomic mass is 16.1. The van der Waals surface area contributed by atoms with Crippen molar-refractivity contribution in [3.8, 4) is 0 Å². The van der Waals surface area contributed by atoms with Gasteiger partial charge in [0, 0.05) is 50.7 Å². The third-order valence-electron chi connectivity index (χ3n) is 2.39. The first-order valence-corrected chi connectivity index (χ1v) is 4.94. The zero-order valence-electron chi connectivity index (χ0n) is 10.0. The van der Waals surface area contributed by atoms with Gasteiger partial charge in [0.1, 0.15) is 0 Å². The molecule has 4 nitrogen and oxygen atoms in total. The standard InChI is InChI=1S/C12H16N2O2/c1-13(2)11-5-10(8-16)12(14(3)4)6-9(11)7-15/h5-8H,1-4H3. The Bertz CT molecular complexity index is 372. The number of hydrogen-bond donors (Lipinski definition) is 0. The fourth-order valence-corrected chi connectivity index (χ4v) is 1.57. The molecule has 16 heavy (non-hydrogen) atoms. The summed E-state index contributed by atoms with van der Waals surface area (Å²) < 4.78 is 0. The average molecular weight is 220 g/mol. The maximum Gasteiger partial charge on any atom is 0.152 e. The number of nitrogens with zero attached hydrogens (tertiary/aromatic N) is 2. The van der Waals surface area contributed by atoms with Crippen molar-refractivity contribution in [2.24, 2.45) is 0 Å². The minimum absolute atomic E-state index is 0.583. The second-order valence-electron chi connectivity index (χ2n) is 3.99. The highest BCUT2D eigenvalue weighted by Crippen LogP contribution is 2.26. The zero-order chi connectivity index (χ0) is 12.3. The summed E-state index contributed by atoms with van der Waals surface area (Å²) in [4.78, 5) is 25.6. The van der Waals surface area contributed by atoms with E-state index in [9.17, 15) is 9.59 Å². The molecule has 1 aromatic carbocycles. The second kappa shape index (κ2) is 4.79. The summed E-state index contributed by atoms with van der Waals surface area (Å²) in [5, 5.41) is 0. The van der Waals surface area contributed by atoms with Gasteiger partial charge in [-0.25, -0.2) is 0 Å². The molecule has 86 valence electrons. The molecule has 0 heterocycles. The maximum atomic E-state index is 11.0. The number of carbonyl (C=O) groups excluding carboxylic acids is 2. The quantitative estimate of drug-likeness (QED) is 0.720. The van der Waals surface area contributed by atoms with E-state index in [0.29, 0.717) is 11.1 Å². The summed E-state index contributed by atoms with van der Waals surface area (Å²) in [5.74, 6) is 0. The third kappa shape index (κ3) is 2.21. The minimum atomic E-state index is 0.583. The molecule has 0 aliphatic carbocycles. The first-order chi connectivity index (χ1) is 7.51. The van der Waals surface area contributed by atoms with Crippen LogP contribution < -0.4 is 9.80 Å². The van der Waals surface area contributed by atoms with Crippen LogP contribution in [-0.2, 0) is 0 Å². The van der Waals surface area contributed by atoms with Crippen LogP contribution in [0.3, 0.4) is 0 Å². The molecule has 0 N–H and O–H groups in total. The Balaban J connectivity index is 3.45. The van der Waals surface area contributed by atoms with Crippen molar-refractivity contribution < 1.29 is 9.59 Å². The zero-order valence-corrected chi connectivity index (χ0v) is 10.0. The molecule has 0 aliphatic heterocycles. The summed E-state index contributed by atoms with van der Waals surface area (Å²) in [6, 6.07) is 3.46. The van der Waals surface area contributed by atoms with Crippen LogP contribution in [0.25, 0.3) is 0 Å². The van der Waals surface area contributed by atoms with Crippen molar-refractivity contribution in [3.63, 3.8) is 0 Å². The monoisotopic (exact) mass is 220 g/mol. The van der Waals surface area contributed by atoms with E-state index in [1.54, 1.807) is 12.1 Å². The van der Waals surface area contributed by atoms with Gasteiger partial charge in [-0.2, -0.15) is 0 Å². The number of rotatable bonds is 4. The Labute approximate surface area is 95.5 Å². The number of carbonyl (C=O) groups is 2. The number of aldehydes is 2. The third-order valence-corrected chi connectivity index (χ3v) is 2.39. The molecule has 1 rings (SSSR count). The van der Waals surface area contributed by atoms with Gasteiger partial charge < -0.3 is 9.80 Å². The van der Waals surface area contributed by atoms with Gasteiger partial charge in [-0.15, -0.1) is 0 Å². The summed E-state index contributed by atoms with van der Waals surface area (Å²) in [7, 11) is 7.36. The molecule has 0 unspecified atom stereocenters. The lowest BCUT2D eigenvalue weighted by atomic mass is 10.1. The maximum absolute atomic E-state index is 11.0. The Kier molecular flexibility index (Phi) is 3.66. The van der Waals surface area contributed by atoms with Gasteiger partial charge in [-0.05, 0) is 12.1 Å². The van der Waals surface area contributed by atoms with Crippen LogP contribution in [-0.4, -0.2) is 40.8 Å². The number of anilines is 2.